The number of piperidine rings is 1. The van der Waals surface area contributed by atoms with E-state index >= 15 is 0 Å². The first-order valence-corrected chi connectivity index (χ1v) is 5.64. The molecule has 0 saturated carbocycles. The standard InChI is InChI=1S/C11H17N3O2/c1-9(15)14-6-3-10(4-7-14)12-8-11-2-5-13-16-11/h2,5,10,12H,3-4,6-8H2,1H3. The number of rotatable bonds is 3. The van der Waals surface area contributed by atoms with Gasteiger partial charge in [0, 0.05) is 32.1 Å². The van der Waals surface area contributed by atoms with E-state index in [2.05, 4.69) is 10.5 Å². The molecule has 88 valence electrons. The second-order valence-electron chi connectivity index (χ2n) is 4.14. The minimum absolute atomic E-state index is 0.175. The van der Waals surface area contributed by atoms with Crippen LogP contribution >= 0.6 is 0 Å². The van der Waals surface area contributed by atoms with Gasteiger partial charge < -0.3 is 14.7 Å². The van der Waals surface area contributed by atoms with Gasteiger partial charge in [-0.05, 0) is 12.8 Å². The lowest BCUT2D eigenvalue weighted by molar-refractivity contribution is -0.129. The van der Waals surface area contributed by atoms with Crippen LogP contribution < -0.4 is 5.32 Å². The van der Waals surface area contributed by atoms with Gasteiger partial charge in [0.05, 0.1) is 12.7 Å². The van der Waals surface area contributed by atoms with Gasteiger partial charge in [-0.1, -0.05) is 5.16 Å². The predicted molar refractivity (Wildman–Crippen MR) is 58.6 cm³/mol. The SMILES string of the molecule is CC(=O)N1CCC(NCc2ccno2)CC1. The van der Waals surface area contributed by atoms with E-state index < -0.39 is 0 Å². The molecule has 1 saturated heterocycles. The number of carbonyl (C=O) groups is 1. The van der Waals surface area contributed by atoms with E-state index in [1.54, 1.807) is 13.1 Å². The molecule has 2 rings (SSSR count). The number of amides is 1. The summed E-state index contributed by atoms with van der Waals surface area (Å²) in [6.45, 7) is 4.04. The molecule has 0 aliphatic carbocycles. The Bertz CT molecular complexity index is 329. The second-order valence-corrected chi connectivity index (χ2v) is 4.14. The van der Waals surface area contributed by atoms with Gasteiger partial charge >= 0.3 is 0 Å². The zero-order chi connectivity index (χ0) is 11.4. The molecule has 5 heteroatoms. The fourth-order valence-corrected chi connectivity index (χ4v) is 1.98. The van der Waals surface area contributed by atoms with Crippen molar-refractivity contribution in [3.8, 4) is 0 Å². The fourth-order valence-electron chi connectivity index (χ4n) is 1.98. The van der Waals surface area contributed by atoms with E-state index in [4.69, 9.17) is 4.52 Å². The van der Waals surface area contributed by atoms with Crippen LogP contribution in [0.25, 0.3) is 0 Å². The summed E-state index contributed by atoms with van der Waals surface area (Å²) in [7, 11) is 0. The summed E-state index contributed by atoms with van der Waals surface area (Å²) in [5.74, 6) is 1.03. The van der Waals surface area contributed by atoms with E-state index in [0.29, 0.717) is 12.6 Å². The molecule has 0 atom stereocenters. The predicted octanol–water partition coefficient (Wildman–Crippen LogP) is 0.775. The normalized spacial score (nSPS) is 17.7. The van der Waals surface area contributed by atoms with Crippen LogP contribution in [0.1, 0.15) is 25.5 Å². The van der Waals surface area contributed by atoms with Crippen LogP contribution in [0.3, 0.4) is 0 Å². The number of hydrogen-bond acceptors (Lipinski definition) is 4. The number of likely N-dealkylation sites (tertiary alicyclic amines) is 1. The van der Waals surface area contributed by atoms with Crippen molar-refractivity contribution >= 4 is 5.91 Å². The average Bonchev–Trinajstić information content (AvgIpc) is 2.80. The Morgan fingerprint density at radius 3 is 2.94 bits per heavy atom. The smallest absolute Gasteiger partial charge is 0.219 e. The maximum Gasteiger partial charge on any atom is 0.219 e. The monoisotopic (exact) mass is 223 g/mol. The molecular formula is C11H17N3O2. The van der Waals surface area contributed by atoms with Gasteiger partial charge in [0.2, 0.25) is 5.91 Å². The zero-order valence-corrected chi connectivity index (χ0v) is 9.48. The van der Waals surface area contributed by atoms with Crippen LogP contribution in [0.2, 0.25) is 0 Å². The third-order valence-corrected chi connectivity index (χ3v) is 3.00. The Kier molecular flexibility index (Phi) is 3.56. The minimum atomic E-state index is 0.175. The first kappa shape index (κ1) is 11.1. The van der Waals surface area contributed by atoms with Gasteiger partial charge in [-0.25, -0.2) is 0 Å². The summed E-state index contributed by atoms with van der Waals surface area (Å²) < 4.78 is 5.01. The van der Waals surface area contributed by atoms with Crippen molar-refractivity contribution in [2.75, 3.05) is 13.1 Å². The van der Waals surface area contributed by atoms with Gasteiger partial charge in [0.15, 0.2) is 0 Å². The van der Waals surface area contributed by atoms with Crippen LogP contribution in [0.5, 0.6) is 0 Å². The Morgan fingerprint density at radius 1 is 1.62 bits per heavy atom. The highest BCUT2D eigenvalue weighted by Gasteiger charge is 2.20. The molecule has 0 bridgehead atoms. The van der Waals surface area contributed by atoms with Crippen molar-refractivity contribution < 1.29 is 9.32 Å². The third-order valence-electron chi connectivity index (χ3n) is 3.00. The van der Waals surface area contributed by atoms with Gasteiger partial charge in [-0.2, -0.15) is 0 Å². The maximum absolute atomic E-state index is 11.1. The molecule has 1 amide bonds. The zero-order valence-electron chi connectivity index (χ0n) is 9.48. The van der Waals surface area contributed by atoms with Gasteiger partial charge in [0.1, 0.15) is 5.76 Å². The van der Waals surface area contributed by atoms with E-state index in [1.807, 2.05) is 11.0 Å². The van der Waals surface area contributed by atoms with Crippen LogP contribution in [0.4, 0.5) is 0 Å². The fraction of sp³-hybridized carbons (Fsp3) is 0.636. The molecule has 5 nitrogen and oxygen atoms in total. The summed E-state index contributed by atoms with van der Waals surface area (Å²) in [4.78, 5) is 13.0. The van der Waals surface area contributed by atoms with Crippen molar-refractivity contribution in [1.82, 2.24) is 15.4 Å². The van der Waals surface area contributed by atoms with Crippen molar-refractivity contribution in [2.24, 2.45) is 0 Å². The summed E-state index contributed by atoms with van der Waals surface area (Å²) >= 11 is 0. The Morgan fingerprint density at radius 2 is 2.38 bits per heavy atom. The molecular weight excluding hydrogens is 206 g/mol. The Balaban J connectivity index is 1.71. The number of carbonyl (C=O) groups excluding carboxylic acids is 1. The minimum Gasteiger partial charge on any atom is -0.360 e. The first-order chi connectivity index (χ1) is 7.75. The number of hydrogen-bond donors (Lipinski definition) is 1. The number of aromatic nitrogens is 1. The Labute approximate surface area is 94.8 Å². The van der Waals surface area contributed by atoms with Gasteiger partial charge in [-0.3, -0.25) is 4.79 Å². The van der Waals surface area contributed by atoms with Gasteiger partial charge in [-0.15, -0.1) is 0 Å². The first-order valence-electron chi connectivity index (χ1n) is 5.64. The maximum atomic E-state index is 11.1. The van der Waals surface area contributed by atoms with E-state index in [-0.39, 0.29) is 5.91 Å². The highest BCUT2D eigenvalue weighted by Crippen LogP contribution is 2.11. The molecule has 1 aromatic rings. The molecule has 1 N–H and O–H groups in total. The molecule has 0 aromatic carbocycles. The summed E-state index contributed by atoms with van der Waals surface area (Å²) in [5.41, 5.74) is 0. The molecule has 0 unspecified atom stereocenters. The lowest BCUT2D eigenvalue weighted by Gasteiger charge is -2.31. The van der Waals surface area contributed by atoms with Crippen LogP contribution in [-0.4, -0.2) is 35.1 Å². The molecule has 0 spiro atoms. The Hall–Kier alpha value is -1.36. The van der Waals surface area contributed by atoms with Crippen LogP contribution in [-0.2, 0) is 11.3 Å². The molecule has 0 radical (unpaired) electrons. The van der Waals surface area contributed by atoms with Gasteiger partial charge in [0.25, 0.3) is 0 Å². The van der Waals surface area contributed by atoms with E-state index in [9.17, 15) is 4.79 Å². The molecule has 1 fully saturated rings. The summed E-state index contributed by atoms with van der Waals surface area (Å²) in [5, 5.41) is 7.07. The van der Waals surface area contributed by atoms with Crippen molar-refractivity contribution in [3.63, 3.8) is 0 Å². The summed E-state index contributed by atoms with van der Waals surface area (Å²) in [6.07, 6.45) is 3.66. The third kappa shape index (κ3) is 2.82. The van der Waals surface area contributed by atoms with E-state index in [1.165, 1.54) is 0 Å². The van der Waals surface area contributed by atoms with Crippen molar-refractivity contribution in [2.45, 2.75) is 32.4 Å². The molecule has 1 aromatic heterocycles. The number of nitrogens with zero attached hydrogens (tertiary/aromatic N) is 2. The van der Waals surface area contributed by atoms with Crippen LogP contribution in [0, 0.1) is 0 Å². The molecule has 1 aliphatic rings. The highest BCUT2D eigenvalue weighted by atomic mass is 16.5. The topological polar surface area (TPSA) is 58.4 Å². The van der Waals surface area contributed by atoms with Crippen LogP contribution in [0.15, 0.2) is 16.8 Å². The molecule has 16 heavy (non-hydrogen) atoms. The number of nitrogens with one attached hydrogen (secondary N) is 1. The average molecular weight is 223 g/mol. The van der Waals surface area contributed by atoms with E-state index in [0.717, 1.165) is 31.7 Å². The molecule has 2 heterocycles. The quantitative estimate of drug-likeness (QED) is 0.822. The summed E-state index contributed by atoms with van der Waals surface area (Å²) in [6, 6.07) is 2.33. The molecule has 1 aliphatic heterocycles. The van der Waals surface area contributed by atoms with Crippen molar-refractivity contribution in [1.29, 1.82) is 0 Å². The lowest BCUT2D eigenvalue weighted by Crippen LogP contribution is -2.43. The van der Waals surface area contributed by atoms with Crippen molar-refractivity contribution in [3.05, 3.63) is 18.0 Å². The lowest BCUT2D eigenvalue weighted by atomic mass is 10.1. The second kappa shape index (κ2) is 5.12. The largest absolute Gasteiger partial charge is 0.360 e. The highest BCUT2D eigenvalue weighted by molar-refractivity contribution is 5.73.